The van der Waals surface area contributed by atoms with Gasteiger partial charge in [-0.05, 0) is 48.9 Å². The van der Waals surface area contributed by atoms with E-state index in [1.54, 1.807) is 24.4 Å². The van der Waals surface area contributed by atoms with Crippen LogP contribution in [0.25, 0.3) is 0 Å². The van der Waals surface area contributed by atoms with E-state index in [4.69, 9.17) is 0 Å². The quantitative estimate of drug-likeness (QED) is 0.392. The molecule has 29 heavy (non-hydrogen) atoms. The van der Waals surface area contributed by atoms with E-state index in [1.165, 1.54) is 6.07 Å². The summed E-state index contributed by atoms with van der Waals surface area (Å²) in [6.45, 7) is 2.19. The lowest BCUT2D eigenvalue weighted by molar-refractivity contribution is -0.384. The summed E-state index contributed by atoms with van der Waals surface area (Å²) in [5, 5.41) is 17.4. The number of amides is 1. The highest BCUT2D eigenvalue weighted by Crippen LogP contribution is 2.29. The molecule has 1 heterocycles. The first kappa shape index (κ1) is 20.5. The Kier molecular flexibility index (Phi) is 6.56. The Morgan fingerprint density at radius 1 is 1.17 bits per heavy atom. The highest BCUT2D eigenvalue weighted by atomic mass is 79.9. The number of nitro groups is 1. The summed E-state index contributed by atoms with van der Waals surface area (Å²) in [6, 6.07) is 17.2. The van der Waals surface area contributed by atoms with Gasteiger partial charge in [0.25, 0.3) is 11.6 Å². The maximum absolute atomic E-state index is 12.5. The molecule has 3 rings (SSSR count). The summed E-state index contributed by atoms with van der Waals surface area (Å²) in [4.78, 5) is 27.8. The van der Waals surface area contributed by atoms with Crippen LogP contribution in [-0.2, 0) is 6.54 Å². The van der Waals surface area contributed by atoms with E-state index in [2.05, 4.69) is 31.5 Å². The predicted octanol–water partition coefficient (Wildman–Crippen LogP) is 4.86. The number of aromatic nitrogens is 1. The zero-order valence-electron chi connectivity index (χ0n) is 15.6. The number of halogens is 1. The number of nitro benzene ring substituents is 1. The molecular formula is C21H19BrN4O3. The fourth-order valence-corrected chi connectivity index (χ4v) is 3.26. The van der Waals surface area contributed by atoms with Gasteiger partial charge in [-0.3, -0.25) is 19.9 Å². The van der Waals surface area contributed by atoms with Gasteiger partial charge in [0.05, 0.1) is 16.7 Å². The number of carbonyl (C=O) groups excluding carboxylic acids is 1. The molecule has 0 bridgehead atoms. The third-order valence-electron chi connectivity index (χ3n) is 4.30. The Morgan fingerprint density at radius 2 is 2.00 bits per heavy atom. The van der Waals surface area contributed by atoms with Crippen molar-refractivity contribution in [2.75, 3.05) is 5.32 Å². The molecule has 0 fully saturated rings. The van der Waals surface area contributed by atoms with E-state index in [0.29, 0.717) is 12.2 Å². The molecule has 1 amide bonds. The molecule has 1 atom stereocenters. The van der Waals surface area contributed by atoms with Crippen LogP contribution in [0.5, 0.6) is 0 Å². The number of nitrogens with one attached hydrogen (secondary N) is 2. The summed E-state index contributed by atoms with van der Waals surface area (Å²) >= 11 is 3.38. The first-order chi connectivity index (χ1) is 13.9. The van der Waals surface area contributed by atoms with Crippen molar-refractivity contribution in [3.05, 3.63) is 98.3 Å². The molecular weight excluding hydrogens is 436 g/mol. The molecule has 0 spiro atoms. The summed E-state index contributed by atoms with van der Waals surface area (Å²) in [5.74, 6) is -0.377. The molecule has 0 radical (unpaired) electrons. The Bertz CT molecular complexity index is 1030. The molecule has 7 nitrogen and oxygen atoms in total. The molecule has 2 N–H and O–H groups in total. The molecule has 8 heteroatoms. The van der Waals surface area contributed by atoms with Crippen LogP contribution in [0.2, 0.25) is 0 Å². The monoisotopic (exact) mass is 454 g/mol. The van der Waals surface area contributed by atoms with Crippen LogP contribution in [0.15, 0.2) is 71.3 Å². The Labute approximate surface area is 176 Å². The number of hydrogen-bond donors (Lipinski definition) is 2. The van der Waals surface area contributed by atoms with Crippen LogP contribution in [0, 0.1) is 10.1 Å². The van der Waals surface area contributed by atoms with Crippen molar-refractivity contribution in [2.45, 2.75) is 19.5 Å². The largest absolute Gasteiger partial charge is 0.371 e. The standard InChI is InChI=1S/C21H19BrN4O3/c1-14(18-7-2-3-10-23-18)25-19-9-8-16(12-20(19)26(28)29)21(27)24-13-15-5-4-6-17(22)11-15/h2-12,14,25H,13H2,1H3,(H,24,27). The summed E-state index contributed by atoms with van der Waals surface area (Å²) in [5.41, 5.74) is 2.07. The van der Waals surface area contributed by atoms with Gasteiger partial charge < -0.3 is 10.6 Å². The zero-order chi connectivity index (χ0) is 20.8. The second-order valence-corrected chi connectivity index (χ2v) is 7.34. The highest BCUT2D eigenvalue weighted by Gasteiger charge is 2.19. The van der Waals surface area contributed by atoms with Gasteiger partial charge in [0, 0.05) is 28.8 Å². The maximum atomic E-state index is 12.5. The van der Waals surface area contributed by atoms with Crippen LogP contribution in [0.3, 0.4) is 0 Å². The summed E-state index contributed by atoms with van der Waals surface area (Å²) in [7, 11) is 0. The van der Waals surface area contributed by atoms with Gasteiger partial charge in [-0.1, -0.05) is 34.1 Å². The number of nitrogens with zero attached hydrogens (tertiary/aromatic N) is 2. The van der Waals surface area contributed by atoms with Crippen molar-refractivity contribution >= 4 is 33.2 Å². The number of carbonyl (C=O) groups is 1. The molecule has 0 saturated carbocycles. The van der Waals surface area contributed by atoms with Crippen LogP contribution in [-0.4, -0.2) is 15.8 Å². The minimum absolute atomic E-state index is 0.164. The third-order valence-corrected chi connectivity index (χ3v) is 4.80. The first-order valence-electron chi connectivity index (χ1n) is 8.92. The zero-order valence-corrected chi connectivity index (χ0v) is 17.2. The van der Waals surface area contributed by atoms with Crippen LogP contribution in [0.4, 0.5) is 11.4 Å². The Morgan fingerprint density at radius 3 is 2.69 bits per heavy atom. The van der Waals surface area contributed by atoms with Crippen molar-refractivity contribution in [1.29, 1.82) is 0 Å². The number of benzene rings is 2. The Balaban J connectivity index is 1.74. The number of rotatable bonds is 7. The molecule has 3 aromatic rings. The molecule has 0 aliphatic carbocycles. The minimum Gasteiger partial charge on any atom is -0.371 e. The van der Waals surface area contributed by atoms with Crippen molar-refractivity contribution in [2.24, 2.45) is 0 Å². The van der Waals surface area contributed by atoms with Gasteiger partial charge in [0.2, 0.25) is 0 Å². The lowest BCUT2D eigenvalue weighted by Crippen LogP contribution is -2.23. The first-order valence-corrected chi connectivity index (χ1v) is 9.72. The van der Waals surface area contributed by atoms with Gasteiger partial charge in [-0.2, -0.15) is 0 Å². The maximum Gasteiger partial charge on any atom is 0.293 e. The SMILES string of the molecule is CC(Nc1ccc(C(=O)NCc2cccc(Br)c2)cc1[N+](=O)[O-])c1ccccn1. The number of anilines is 1. The smallest absolute Gasteiger partial charge is 0.293 e. The Hall–Kier alpha value is -3.26. The molecule has 148 valence electrons. The topological polar surface area (TPSA) is 97.2 Å². The molecule has 0 saturated heterocycles. The molecule has 0 aliphatic heterocycles. The summed E-state index contributed by atoms with van der Waals surface area (Å²) < 4.78 is 0.914. The third kappa shape index (κ3) is 5.39. The van der Waals surface area contributed by atoms with E-state index < -0.39 is 4.92 Å². The lowest BCUT2D eigenvalue weighted by Gasteiger charge is -2.15. The fourth-order valence-electron chi connectivity index (χ4n) is 2.82. The van der Waals surface area contributed by atoms with Crippen molar-refractivity contribution < 1.29 is 9.72 Å². The molecule has 1 unspecified atom stereocenters. The molecule has 0 aliphatic rings. The van der Waals surface area contributed by atoms with Gasteiger partial charge in [-0.25, -0.2) is 0 Å². The highest BCUT2D eigenvalue weighted by molar-refractivity contribution is 9.10. The van der Waals surface area contributed by atoms with E-state index in [1.807, 2.05) is 43.3 Å². The lowest BCUT2D eigenvalue weighted by atomic mass is 10.1. The van der Waals surface area contributed by atoms with Crippen LogP contribution in [0.1, 0.15) is 34.6 Å². The predicted molar refractivity (Wildman–Crippen MR) is 115 cm³/mol. The van der Waals surface area contributed by atoms with Gasteiger partial charge >= 0.3 is 0 Å². The molecule has 2 aromatic carbocycles. The fraction of sp³-hybridized carbons (Fsp3) is 0.143. The van der Waals surface area contributed by atoms with Crippen molar-refractivity contribution in [3.8, 4) is 0 Å². The minimum atomic E-state index is -0.501. The van der Waals surface area contributed by atoms with Crippen molar-refractivity contribution in [3.63, 3.8) is 0 Å². The van der Waals surface area contributed by atoms with E-state index >= 15 is 0 Å². The average Bonchev–Trinajstić information content (AvgIpc) is 2.72. The number of hydrogen-bond acceptors (Lipinski definition) is 5. The van der Waals surface area contributed by atoms with Gasteiger partial charge in [-0.15, -0.1) is 0 Å². The van der Waals surface area contributed by atoms with Crippen molar-refractivity contribution in [1.82, 2.24) is 10.3 Å². The van der Waals surface area contributed by atoms with Gasteiger partial charge in [0.1, 0.15) is 5.69 Å². The van der Waals surface area contributed by atoms with E-state index in [9.17, 15) is 14.9 Å². The molecule has 1 aromatic heterocycles. The van der Waals surface area contributed by atoms with E-state index in [0.717, 1.165) is 15.7 Å². The normalized spacial score (nSPS) is 11.5. The van der Waals surface area contributed by atoms with Crippen LogP contribution < -0.4 is 10.6 Å². The second-order valence-electron chi connectivity index (χ2n) is 6.42. The summed E-state index contributed by atoms with van der Waals surface area (Å²) in [6.07, 6.45) is 1.67. The number of pyridine rings is 1. The van der Waals surface area contributed by atoms with Crippen LogP contribution >= 0.6 is 15.9 Å². The van der Waals surface area contributed by atoms with E-state index in [-0.39, 0.29) is 23.2 Å². The average molecular weight is 455 g/mol. The second kappa shape index (κ2) is 9.29. The van der Waals surface area contributed by atoms with Gasteiger partial charge in [0.15, 0.2) is 0 Å².